The second-order valence-corrected chi connectivity index (χ2v) is 9.87. The molecule has 0 amide bonds. The number of ether oxygens (including phenoxy) is 2. The van der Waals surface area contributed by atoms with E-state index in [-0.39, 0.29) is 17.4 Å². The van der Waals surface area contributed by atoms with Gasteiger partial charge in [0.05, 0.1) is 13.2 Å². The highest BCUT2D eigenvalue weighted by molar-refractivity contribution is 6.24. The molecule has 1 aliphatic carbocycles. The smallest absolute Gasteiger partial charge is 0.346 e. The Kier molecular flexibility index (Phi) is 10.8. The highest BCUT2D eigenvalue weighted by Gasteiger charge is 2.34. The molecular weight excluding hydrogens is 448 g/mol. The van der Waals surface area contributed by atoms with Crippen molar-refractivity contribution in [1.29, 1.82) is 0 Å². The van der Waals surface area contributed by atoms with Crippen LogP contribution in [0.15, 0.2) is 54.1 Å². The lowest BCUT2D eigenvalue weighted by molar-refractivity contribution is -0.148. The van der Waals surface area contributed by atoms with Gasteiger partial charge in [-0.2, -0.15) is 0 Å². The van der Waals surface area contributed by atoms with Crippen molar-refractivity contribution in [2.45, 2.75) is 79.1 Å². The highest BCUT2D eigenvalue weighted by Crippen LogP contribution is 2.45. The number of hydrogen-bond donors (Lipinski definition) is 0. The Morgan fingerprint density at radius 2 is 1.03 bits per heavy atom. The SMILES string of the molecule is CCCCC(CC)COC(=O)C(C(=O)OCC(CC)CCCC)=C1c2ccccc2-c2ccccc21. The quantitative estimate of drug-likeness (QED) is 0.0994. The first-order chi connectivity index (χ1) is 17.5. The van der Waals surface area contributed by atoms with Crippen molar-refractivity contribution < 1.29 is 19.1 Å². The number of unbranched alkanes of at least 4 members (excludes halogenated alkanes) is 2. The molecule has 0 fully saturated rings. The summed E-state index contributed by atoms with van der Waals surface area (Å²) in [6.07, 6.45) is 8.31. The van der Waals surface area contributed by atoms with Crippen LogP contribution in [0.3, 0.4) is 0 Å². The molecule has 0 bridgehead atoms. The van der Waals surface area contributed by atoms with Gasteiger partial charge in [-0.05, 0) is 46.9 Å². The molecule has 4 heteroatoms. The van der Waals surface area contributed by atoms with Gasteiger partial charge < -0.3 is 9.47 Å². The Hall–Kier alpha value is -2.88. The van der Waals surface area contributed by atoms with Gasteiger partial charge in [0.2, 0.25) is 0 Å². The number of rotatable bonds is 14. The van der Waals surface area contributed by atoms with Crippen LogP contribution < -0.4 is 0 Å². The van der Waals surface area contributed by atoms with E-state index < -0.39 is 11.9 Å². The van der Waals surface area contributed by atoms with Crippen LogP contribution in [-0.2, 0) is 19.1 Å². The van der Waals surface area contributed by atoms with E-state index in [0.717, 1.165) is 73.6 Å². The fourth-order valence-corrected chi connectivity index (χ4v) is 4.90. The molecule has 4 nitrogen and oxygen atoms in total. The fourth-order valence-electron chi connectivity index (χ4n) is 4.90. The zero-order valence-corrected chi connectivity index (χ0v) is 22.5. The molecule has 1 aliphatic rings. The lowest BCUT2D eigenvalue weighted by Crippen LogP contribution is -2.24. The van der Waals surface area contributed by atoms with E-state index in [1.54, 1.807) is 0 Å². The second kappa shape index (κ2) is 14.0. The van der Waals surface area contributed by atoms with Crippen molar-refractivity contribution in [3.8, 4) is 11.1 Å². The normalized spacial score (nSPS) is 13.5. The van der Waals surface area contributed by atoms with Gasteiger partial charge in [-0.1, -0.05) is 115 Å². The molecule has 0 spiro atoms. The summed E-state index contributed by atoms with van der Waals surface area (Å²) in [5.41, 5.74) is 4.43. The molecule has 0 radical (unpaired) electrons. The van der Waals surface area contributed by atoms with E-state index in [4.69, 9.17) is 9.47 Å². The average molecular weight is 491 g/mol. The Morgan fingerprint density at radius 3 is 1.39 bits per heavy atom. The van der Waals surface area contributed by atoms with Crippen LogP contribution in [0, 0.1) is 11.8 Å². The van der Waals surface area contributed by atoms with Crippen LogP contribution in [-0.4, -0.2) is 25.2 Å². The first-order valence-corrected chi connectivity index (χ1v) is 13.8. The van der Waals surface area contributed by atoms with Crippen molar-refractivity contribution in [3.63, 3.8) is 0 Å². The topological polar surface area (TPSA) is 52.6 Å². The number of esters is 2. The molecule has 3 rings (SSSR count). The first-order valence-electron chi connectivity index (χ1n) is 13.8. The summed E-state index contributed by atoms with van der Waals surface area (Å²) in [5, 5.41) is 0. The lowest BCUT2D eigenvalue weighted by Gasteiger charge is -2.18. The number of hydrogen-bond acceptors (Lipinski definition) is 4. The number of carbonyl (C=O) groups is 2. The predicted octanol–water partition coefficient (Wildman–Crippen LogP) is 7.99. The predicted molar refractivity (Wildman–Crippen MR) is 146 cm³/mol. The fraction of sp³-hybridized carbons (Fsp3) is 0.500. The summed E-state index contributed by atoms with van der Waals surface area (Å²) in [4.78, 5) is 27.2. The molecule has 194 valence electrons. The molecule has 0 heterocycles. The van der Waals surface area contributed by atoms with Crippen LogP contribution in [0.1, 0.15) is 90.2 Å². The summed E-state index contributed by atoms with van der Waals surface area (Å²) >= 11 is 0. The van der Waals surface area contributed by atoms with E-state index in [1.807, 2.05) is 48.5 Å². The van der Waals surface area contributed by atoms with E-state index in [0.29, 0.717) is 18.8 Å². The third-order valence-corrected chi connectivity index (χ3v) is 7.33. The maximum atomic E-state index is 13.6. The average Bonchev–Trinajstić information content (AvgIpc) is 3.23. The van der Waals surface area contributed by atoms with Gasteiger partial charge in [0.25, 0.3) is 0 Å². The summed E-state index contributed by atoms with van der Waals surface area (Å²) in [6.45, 7) is 9.19. The van der Waals surface area contributed by atoms with Gasteiger partial charge in [-0.25, -0.2) is 9.59 Å². The highest BCUT2D eigenvalue weighted by atomic mass is 16.6. The van der Waals surface area contributed by atoms with Crippen molar-refractivity contribution in [3.05, 3.63) is 65.2 Å². The minimum Gasteiger partial charge on any atom is -0.462 e. The van der Waals surface area contributed by atoms with E-state index in [1.165, 1.54) is 0 Å². The maximum absolute atomic E-state index is 13.6. The van der Waals surface area contributed by atoms with Gasteiger partial charge in [0.1, 0.15) is 0 Å². The molecule has 2 atom stereocenters. The van der Waals surface area contributed by atoms with Crippen LogP contribution in [0.2, 0.25) is 0 Å². The molecule has 2 unspecified atom stereocenters. The van der Waals surface area contributed by atoms with Crippen LogP contribution in [0.5, 0.6) is 0 Å². The molecule has 2 aromatic carbocycles. The summed E-state index contributed by atoms with van der Waals surface area (Å²) in [6, 6.07) is 15.8. The number of benzene rings is 2. The molecular formula is C32H42O4. The summed E-state index contributed by atoms with van der Waals surface area (Å²) < 4.78 is 11.6. The number of carbonyl (C=O) groups excluding carboxylic acids is 2. The second-order valence-electron chi connectivity index (χ2n) is 9.87. The summed E-state index contributed by atoms with van der Waals surface area (Å²) in [7, 11) is 0. The third-order valence-electron chi connectivity index (χ3n) is 7.33. The molecule has 0 N–H and O–H groups in total. The zero-order valence-electron chi connectivity index (χ0n) is 22.5. The van der Waals surface area contributed by atoms with Crippen molar-refractivity contribution in [2.75, 3.05) is 13.2 Å². The van der Waals surface area contributed by atoms with Crippen LogP contribution in [0.4, 0.5) is 0 Å². The molecule has 0 saturated heterocycles. The Morgan fingerprint density at radius 1 is 0.639 bits per heavy atom. The molecule has 0 aromatic heterocycles. The van der Waals surface area contributed by atoms with E-state index in [2.05, 4.69) is 27.7 Å². The van der Waals surface area contributed by atoms with Crippen molar-refractivity contribution >= 4 is 17.5 Å². The lowest BCUT2D eigenvalue weighted by atomic mass is 9.97. The standard InChI is InChI=1S/C32H42O4/c1-5-9-15-23(7-3)21-35-31(33)30(32(34)36-22-24(8-4)16-10-6-2)29-27-19-13-11-17-25(27)26-18-12-14-20-28(26)29/h11-14,17-20,23-24H,5-10,15-16,21-22H2,1-4H3. The molecule has 2 aromatic rings. The molecule has 36 heavy (non-hydrogen) atoms. The maximum Gasteiger partial charge on any atom is 0.346 e. The monoisotopic (exact) mass is 490 g/mol. The van der Waals surface area contributed by atoms with Gasteiger partial charge >= 0.3 is 11.9 Å². The minimum absolute atomic E-state index is 0.0167. The molecule has 0 saturated carbocycles. The van der Waals surface area contributed by atoms with Crippen LogP contribution in [0.25, 0.3) is 16.7 Å². The minimum atomic E-state index is -0.585. The Bertz CT molecular complexity index is 970. The Balaban J connectivity index is 1.97. The van der Waals surface area contributed by atoms with Gasteiger partial charge in [-0.15, -0.1) is 0 Å². The summed E-state index contributed by atoms with van der Waals surface area (Å²) in [5.74, 6) is -0.591. The third kappa shape index (κ3) is 6.66. The van der Waals surface area contributed by atoms with Gasteiger partial charge in [0.15, 0.2) is 5.57 Å². The number of fused-ring (bicyclic) bond motifs is 3. The van der Waals surface area contributed by atoms with Crippen LogP contribution >= 0.6 is 0 Å². The molecule has 0 aliphatic heterocycles. The van der Waals surface area contributed by atoms with Gasteiger partial charge in [-0.3, -0.25) is 0 Å². The van der Waals surface area contributed by atoms with Crippen molar-refractivity contribution in [2.24, 2.45) is 11.8 Å². The van der Waals surface area contributed by atoms with Gasteiger partial charge in [0, 0.05) is 5.57 Å². The zero-order chi connectivity index (χ0) is 25.9. The largest absolute Gasteiger partial charge is 0.462 e. The first kappa shape index (κ1) is 27.7. The van der Waals surface area contributed by atoms with Crippen molar-refractivity contribution in [1.82, 2.24) is 0 Å². The van der Waals surface area contributed by atoms with E-state index >= 15 is 0 Å². The van der Waals surface area contributed by atoms with E-state index in [9.17, 15) is 9.59 Å². The Labute approximate surface area is 217 Å².